The molecular formula is C6H10ClN2O3P. The molecule has 0 radical (unpaired) electrons. The third-order valence-electron chi connectivity index (χ3n) is 1.19. The van der Waals surface area contributed by atoms with Gasteiger partial charge in [0.1, 0.15) is 0 Å². The van der Waals surface area contributed by atoms with Crippen LogP contribution in [0.2, 0.25) is 0 Å². The minimum atomic E-state index is -2.86. The van der Waals surface area contributed by atoms with Gasteiger partial charge in [-0.1, -0.05) is 0 Å². The highest BCUT2D eigenvalue weighted by Crippen LogP contribution is 2.16. The fourth-order valence-electron chi connectivity index (χ4n) is 0.657. The lowest BCUT2D eigenvalue weighted by Crippen LogP contribution is -1.92. The summed E-state index contributed by atoms with van der Waals surface area (Å²) in [6.07, 6.45) is 1.47. The number of rotatable bonds is 3. The Morgan fingerprint density at radius 3 is 2.77 bits per heavy atom. The molecule has 0 saturated carbocycles. The Kier molecular flexibility index (Phi) is 5.66. The van der Waals surface area contributed by atoms with Crippen molar-refractivity contribution in [1.82, 2.24) is 4.98 Å². The van der Waals surface area contributed by atoms with Gasteiger partial charge in [0, 0.05) is 0 Å². The first kappa shape index (κ1) is 12.4. The Morgan fingerprint density at radius 2 is 2.31 bits per heavy atom. The van der Waals surface area contributed by atoms with E-state index in [9.17, 15) is 4.57 Å². The van der Waals surface area contributed by atoms with Crippen molar-refractivity contribution in [2.75, 3.05) is 5.73 Å². The van der Waals surface area contributed by atoms with E-state index in [2.05, 4.69) is 9.51 Å². The molecule has 0 aromatic carbocycles. The summed E-state index contributed by atoms with van der Waals surface area (Å²) in [5, 5.41) is 0. The number of nitrogen functional groups attached to an aromatic ring is 1. The standard InChI is InChI=1S/C6H9N2O3P.ClH/c7-5-1-2-6(8-3-5)4-11-12(9)10;/h1-3,12H,4,7H2,(H,9,10);1H. The first-order chi connectivity index (χ1) is 5.68. The van der Waals surface area contributed by atoms with Crippen LogP contribution in [0.15, 0.2) is 18.3 Å². The van der Waals surface area contributed by atoms with Gasteiger partial charge in [0.05, 0.1) is 24.2 Å². The highest BCUT2D eigenvalue weighted by Gasteiger charge is 1.96. The summed E-state index contributed by atoms with van der Waals surface area (Å²) in [6.45, 7) is 0.0363. The van der Waals surface area contributed by atoms with E-state index in [0.717, 1.165) is 0 Å². The summed E-state index contributed by atoms with van der Waals surface area (Å²) in [4.78, 5) is 12.2. The van der Waals surface area contributed by atoms with Gasteiger partial charge >= 0.3 is 8.25 Å². The molecule has 0 aliphatic carbocycles. The second kappa shape index (κ2) is 5.94. The van der Waals surface area contributed by atoms with Gasteiger partial charge in [-0.3, -0.25) is 9.55 Å². The minimum absolute atomic E-state index is 0. The van der Waals surface area contributed by atoms with E-state index < -0.39 is 8.25 Å². The van der Waals surface area contributed by atoms with Crippen LogP contribution in [0.1, 0.15) is 5.69 Å². The van der Waals surface area contributed by atoms with Crippen LogP contribution in [0.4, 0.5) is 5.69 Å². The van der Waals surface area contributed by atoms with Crippen molar-refractivity contribution in [1.29, 1.82) is 0 Å². The predicted octanol–water partition coefficient (Wildman–Crippen LogP) is 0.984. The molecule has 1 aromatic rings. The molecule has 5 nitrogen and oxygen atoms in total. The molecule has 13 heavy (non-hydrogen) atoms. The number of hydrogen-bond donors (Lipinski definition) is 2. The average molecular weight is 225 g/mol. The molecule has 74 valence electrons. The average Bonchev–Trinajstić information content (AvgIpc) is 2.03. The molecule has 1 unspecified atom stereocenters. The maximum atomic E-state index is 10.2. The number of anilines is 1. The lowest BCUT2D eigenvalue weighted by molar-refractivity contribution is 0.269. The zero-order valence-corrected chi connectivity index (χ0v) is 8.45. The minimum Gasteiger partial charge on any atom is -0.397 e. The van der Waals surface area contributed by atoms with Gasteiger partial charge in [-0.05, 0) is 12.1 Å². The molecule has 3 N–H and O–H groups in total. The van der Waals surface area contributed by atoms with E-state index in [1.807, 2.05) is 0 Å². The van der Waals surface area contributed by atoms with Crippen LogP contribution in [0.25, 0.3) is 0 Å². The molecule has 1 heterocycles. The van der Waals surface area contributed by atoms with Crippen LogP contribution in [-0.4, -0.2) is 9.88 Å². The number of aromatic nitrogens is 1. The van der Waals surface area contributed by atoms with Crippen molar-refractivity contribution in [2.24, 2.45) is 0 Å². The Morgan fingerprint density at radius 1 is 1.62 bits per heavy atom. The maximum absolute atomic E-state index is 10.2. The summed E-state index contributed by atoms with van der Waals surface area (Å²) in [7, 11) is -2.86. The van der Waals surface area contributed by atoms with Crippen molar-refractivity contribution in [2.45, 2.75) is 6.61 Å². The molecule has 0 aliphatic heterocycles. The normalized spacial score (nSPS) is 11.8. The molecule has 0 fully saturated rings. The van der Waals surface area contributed by atoms with Crippen LogP contribution in [-0.2, 0) is 15.7 Å². The molecule has 0 bridgehead atoms. The quantitative estimate of drug-likeness (QED) is 0.748. The smallest absolute Gasteiger partial charge is 0.316 e. The van der Waals surface area contributed by atoms with Crippen molar-refractivity contribution in [3.63, 3.8) is 0 Å². The molecule has 1 atom stereocenters. The summed E-state index contributed by atoms with van der Waals surface area (Å²) in [5.74, 6) is 0. The second-order valence-corrected chi connectivity index (χ2v) is 2.96. The third-order valence-corrected chi connectivity index (χ3v) is 1.58. The summed E-state index contributed by atoms with van der Waals surface area (Å²) >= 11 is 0. The second-order valence-electron chi connectivity index (χ2n) is 2.14. The van der Waals surface area contributed by atoms with Crippen molar-refractivity contribution in [3.8, 4) is 0 Å². The zero-order chi connectivity index (χ0) is 8.97. The topological polar surface area (TPSA) is 85.4 Å². The highest BCUT2D eigenvalue weighted by molar-refractivity contribution is 7.32. The Balaban J connectivity index is 0.00000144. The van der Waals surface area contributed by atoms with Gasteiger partial charge < -0.3 is 15.2 Å². The van der Waals surface area contributed by atoms with Crippen molar-refractivity contribution in [3.05, 3.63) is 24.0 Å². The molecule has 0 aliphatic rings. The number of hydrogen-bond acceptors (Lipinski definition) is 4. The molecular weight excluding hydrogens is 215 g/mol. The molecule has 0 spiro atoms. The maximum Gasteiger partial charge on any atom is 0.316 e. The fraction of sp³-hybridized carbons (Fsp3) is 0.167. The van der Waals surface area contributed by atoms with Gasteiger partial charge in [0.25, 0.3) is 0 Å². The van der Waals surface area contributed by atoms with E-state index in [1.165, 1.54) is 6.20 Å². The molecule has 0 amide bonds. The molecule has 0 saturated heterocycles. The number of nitrogens with two attached hydrogens (primary N) is 1. The first-order valence-electron chi connectivity index (χ1n) is 3.24. The fourth-order valence-corrected chi connectivity index (χ4v) is 0.928. The summed E-state index contributed by atoms with van der Waals surface area (Å²) in [5.41, 5.74) is 6.51. The largest absolute Gasteiger partial charge is 0.397 e. The van der Waals surface area contributed by atoms with Gasteiger partial charge in [-0.15, -0.1) is 12.4 Å². The lowest BCUT2D eigenvalue weighted by Gasteiger charge is -1.99. The van der Waals surface area contributed by atoms with Gasteiger partial charge in [0.15, 0.2) is 0 Å². The van der Waals surface area contributed by atoms with E-state index in [4.69, 9.17) is 10.6 Å². The molecule has 7 heteroatoms. The molecule has 1 rings (SSSR count). The number of nitrogens with zero attached hydrogens (tertiary/aromatic N) is 1. The zero-order valence-electron chi connectivity index (χ0n) is 6.64. The van der Waals surface area contributed by atoms with E-state index in [0.29, 0.717) is 11.4 Å². The third kappa shape index (κ3) is 4.85. The summed E-state index contributed by atoms with van der Waals surface area (Å²) in [6, 6.07) is 3.29. The predicted molar refractivity (Wildman–Crippen MR) is 51.9 cm³/mol. The van der Waals surface area contributed by atoms with Crippen molar-refractivity contribution >= 4 is 26.3 Å². The summed E-state index contributed by atoms with van der Waals surface area (Å²) < 4.78 is 14.6. The highest BCUT2D eigenvalue weighted by atomic mass is 35.5. The van der Waals surface area contributed by atoms with Crippen LogP contribution in [0.3, 0.4) is 0 Å². The lowest BCUT2D eigenvalue weighted by atomic mass is 10.3. The van der Waals surface area contributed by atoms with Crippen molar-refractivity contribution < 1.29 is 14.0 Å². The van der Waals surface area contributed by atoms with E-state index in [1.54, 1.807) is 12.1 Å². The van der Waals surface area contributed by atoms with Crippen LogP contribution >= 0.6 is 20.7 Å². The molecule has 1 aromatic heterocycles. The Bertz CT molecular complexity index is 280. The Labute approximate surface area is 82.3 Å². The van der Waals surface area contributed by atoms with E-state index in [-0.39, 0.29) is 19.0 Å². The monoisotopic (exact) mass is 224 g/mol. The first-order valence-corrected chi connectivity index (χ1v) is 4.51. The van der Waals surface area contributed by atoms with Crippen LogP contribution in [0.5, 0.6) is 0 Å². The number of halogens is 1. The SMILES string of the molecule is Cl.Nc1ccc(CO[PH](=O)O)nc1. The Hall–Kier alpha value is -0.610. The van der Waals surface area contributed by atoms with Gasteiger partial charge in [0.2, 0.25) is 0 Å². The van der Waals surface area contributed by atoms with Crippen LogP contribution < -0.4 is 5.73 Å². The van der Waals surface area contributed by atoms with Crippen LogP contribution in [0, 0.1) is 0 Å². The van der Waals surface area contributed by atoms with Gasteiger partial charge in [-0.25, -0.2) is 0 Å². The number of pyridine rings is 1. The van der Waals surface area contributed by atoms with E-state index >= 15 is 0 Å². The van der Waals surface area contributed by atoms with Gasteiger partial charge in [-0.2, -0.15) is 0 Å².